The zero-order valence-electron chi connectivity index (χ0n) is 55.2. The molecular formula is C63H63N19O15S5. The fraction of sp³-hybridized carbons (Fsp3) is 0.317. The number of ether oxygens (including phenoxy) is 4. The number of azo groups is 2. The molecule has 102 heavy (non-hydrogen) atoms. The number of fused-ring (bicyclic) bond motifs is 2. The van der Waals surface area contributed by atoms with E-state index in [9.17, 15) is 60.7 Å². The molecule has 0 radical (unpaired) electrons. The summed E-state index contributed by atoms with van der Waals surface area (Å²) < 4.78 is 90.5. The van der Waals surface area contributed by atoms with Gasteiger partial charge in [-0.2, -0.15) is 52.3 Å². The fourth-order valence-electron chi connectivity index (χ4n) is 11.2. The molecule has 4 aliphatic rings. The highest BCUT2D eigenvalue weighted by Crippen LogP contribution is 2.45. The second-order valence-corrected chi connectivity index (χ2v) is 27.9. The molecule has 5 N–H and O–H groups in total. The number of nitriles is 2. The van der Waals surface area contributed by atoms with Crippen molar-refractivity contribution in [1.29, 1.82) is 10.5 Å². The first-order valence-corrected chi connectivity index (χ1v) is 36.8. The minimum absolute atomic E-state index is 0.0109. The van der Waals surface area contributed by atoms with Crippen molar-refractivity contribution in [2.75, 3.05) is 136 Å². The van der Waals surface area contributed by atoms with E-state index in [-0.39, 0.29) is 73.3 Å². The smallest absolute Gasteiger partial charge is 0.294 e. The zero-order valence-corrected chi connectivity index (χ0v) is 59.3. The summed E-state index contributed by atoms with van der Waals surface area (Å²) in [6.07, 6.45) is 2.61. The number of aliphatic hydroxyl groups excluding tert-OH is 1. The lowest BCUT2D eigenvalue weighted by atomic mass is 10.1. The van der Waals surface area contributed by atoms with E-state index in [1.807, 2.05) is 59.4 Å². The molecule has 0 spiro atoms. The molecule has 7 aromatic rings. The maximum Gasteiger partial charge on any atom is 0.294 e. The molecule has 2 saturated heterocycles. The Morgan fingerprint density at radius 2 is 0.990 bits per heavy atom. The molecule has 4 aliphatic heterocycles. The van der Waals surface area contributed by atoms with Gasteiger partial charge in [0, 0.05) is 70.2 Å². The van der Waals surface area contributed by atoms with Crippen molar-refractivity contribution in [3.05, 3.63) is 104 Å². The lowest BCUT2D eigenvalue weighted by Crippen LogP contribution is -2.36. The summed E-state index contributed by atoms with van der Waals surface area (Å²) in [7, 11) is -6.50. The van der Waals surface area contributed by atoms with E-state index in [0.717, 1.165) is 70.8 Å². The number of aromatic nitrogens is 5. The van der Waals surface area contributed by atoms with Crippen molar-refractivity contribution >= 4 is 158 Å². The average Bonchev–Trinajstić information content (AvgIpc) is 1.60. The normalized spacial score (nSPS) is 15.2. The van der Waals surface area contributed by atoms with Crippen LogP contribution < -0.4 is 39.7 Å². The number of nitrogens with zero attached hydrogens (tertiary/aromatic N) is 17. The third-order valence-corrected chi connectivity index (χ3v) is 20.4. The summed E-state index contributed by atoms with van der Waals surface area (Å²) in [5.74, 6) is -2.13. The van der Waals surface area contributed by atoms with Gasteiger partial charge in [0.15, 0.2) is 5.16 Å². The highest BCUT2D eigenvalue weighted by molar-refractivity contribution is 7.99. The largest absolute Gasteiger partial charge is 0.494 e. The number of methoxy groups -OCH3 is 2. The number of thiazole rings is 2. The highest BCUT2D eigenvalue weighted by atomic mass is 32.2. The van der Waals surface area contributed by atoms with E-state index in [2.05, 4.69) is 20.9 Å². The van der Waals surface area contributed by atoms with Crippen LogP contribution in [0.1, 0.15) is 78.9 Å². The number of morpholine rings is 2. The van der Waals surface area contributed by atoms with Gasteiger partial charge in [-0.3, -0.25) is 28.3 Å². The Hall–Kier alpha value is -10.5. The van der Waals surface area contributed by atoms with Gasteiger partial charge in [0.25, 0.3) is 43.9 Å². The lowest BCUT2D eigenvalue weighted by molar-refractivity contribution is 0.0696. The van der Waals surface area contributed by atoms with E-state index in [1.54, 1.807) is 24.3 Å². The molecule has 7 heterocycles. The first-order valence-electron chi connectivity index (χ1n) is 31.3. The van der Waals surface area contributed by atoms with Gasteiger partial charge >= 0.3 is 0 Å². The summed E-state index contributed by atoms with van der Waals surface area (Å²) in [5.41, 5.74) is 0.469. The van der Waals surface area contributed by atoms with Crippen molar-refractivity contribution in [1.82, 2.24) is 34.7 Å². The summed E-state index contributed by atoms with van der Waals surface area (Å²) in [6.45, 7) is 12.7. The van der Waals surface area contributed by atoms with Crippen LogP contribution in [0.2, 0.25) is 0 Å². The number of nitrogens with one attached hydrogen (secondary N) is 2. The molecule has 4 amide bonds. The Balaban J connectivity index is 0.964. The van der Waals surface area contributed by atoms with Crippen LogP contribution in [0.25, 0.3) is 12.2 Å². The van der Waals surface area contributed by atoms with Crippen molar-refractivity contribution in [2.24, 2.45) is 20.5 Å². The van der Waals surface area contributed by atoms with Gasteiger partial charge < -0.3 is 54.3 Å². The van der Waals surface area contributed by atoms with E-state index < -0.39 is 65.1 Å². The minimum atomic E-state index is -4.76. The van der Waals surface area contributed by atoms with Crippen LogP contribution in [-0.2, 0) is 29.7 Å². The maximum absolute atomic E-state index is 13.8. The third kappa shape index (κ3) is 15.4. The number of amides is 4. The van der Waals surface area contributed by atoms with E-state index >= 15 is 0 Å². The molecule has 4 aromatic carbocycles. The van der Waals surface area contributed by atoms with Gasteiger partial charge in [-0.15, -0.1) is 20.5 Å². The van der Waals surface area contributed by atoms with E-state index in [1.165, 1.54) is 26.4 Å². The van der Waals surface area contributed by atoms with Gasteiger partial charge in [-0.25, -0.2) is 9.80 Å². The van der Waals surface area contributed by atoms with E-state index in [0.29, 0.717) is 144 Å². The Morgan fingerprint density at radius 1 is 0.598 bits per heavy atom. The number of rotatable bonds is 27. The highest BCUT2D eigenvalue weighted by Gasteiger charge is 2.41. The van der Waals surface area contributed by atoms with Crippen molar-refractivity contribution in [2.45, 2.75) is 42.6 Å². The quantitative estimate of drug-likeness (QED) is 0.0105. The molecule has 34 nitrogen and oxygen atoms in total. The third-order valence-electron chi connectivity index (χ3n) is 16.1. The Kier molecular flexibility index (Phi) is 22.3. The van der Waals surface area contributed by atoms with Crippen LogP contribution in [0.15, 0.2) is 107 Å². The first-order chi connectivity index (χ1) is 49.0. The molecule has 530 valence electrons. The summed E-state index contributed by atoms with van der Waals surface area (Å²) in [6, 6.07) is 16.6. The molecular weight excluding hydrogens is 1420 g/mol. The number of aliphatic hydroxyl groups is 1. The molecule has 3 aromatic heterocycles. The van der Waals surface area contributed by atoms with Gasteiger partial charge in [0.2, 0.25) is 22.2 Å². The van der Waals surface area contributed by atoms with Crippen LogP contribution in [0.4, 0.5) is 67.9 Å². The van der Waals surface area contributed by atoms with E-state index in [4.69, 9.17) is 54.1 Å². The maximum atomic E-state index is 13.8. The number of benzene rings is 4. The Labute approximate surface area is 595 Å². The molecule has 2 fully saturated rings. The number of carbonyl (C=O) groups is 4. The predicted octanol–water partition coefficient (Wildman–Crippen LogP) is 9.38. The Bertz CT molecular complexity index is 4640. The number of imide groups is 2. The number of hydrogen-bond donors (Lipinski definition) is 5. The second-order valence-electron chi connectivity index (χ2n) is 22.0. The van der Waals surface area contributed by atoms with Gasteiger partial charge in [0.05, 0.1) is 112 Å². The first kappa shape index (κ1) is 72.8. The second kappa shape index (κ2) is 31.2. The number of hydrogen-bond acceptors (Lipinski definition) is 33. The van der Waals surface area contributed by atoms with Crippen LogP contribution in [0.5, 0.6) is 11.5 Å². The van der Waals surface area contributed by atoms with Gasteiger partial charge in [-0.1, -0.05) is 34.4 Å². The molecule has 0 saturated carbocycles. The molecule has 0 unspecified atom stereocenters. The topological polar surface area (TPSA) is 439 Å². The van der Waals surface area contributed by atoms with Crippen molar-refractivity contribution in [3.8, 4) is 23.6 Å². The molecule has 39 heteroatoms. The SMILES string of the molecule is CCN(CC)c1cc(Nc2nc(Nc3cc(N(CC)CC)c(OC)cc3/N=N/c3nc(N4CCOCC4)c(/C=C(\C#N)N4C(=O)c5ccc(S(=O)(=O)O)cc5C4=O)s3)nc(SCCO)n2)c(/N=N/c2nc(N3CCOCC3)c(/C=C(\C#N)N3C(=O)c4ccc(S(=O)(=O)O)cc4C3=O)s2)cc1OC. The van der Waals surface area contributed by atoms with Crippen molar-refractivity contribution in [3.63, 3.8) is 0 Å². The molecule has 0 bridgehead atoms. The number of allylic oxidation sites excluding steroid dienone is 2. The van der Waals surface area contributed by atoms with Crippen LogP contribution in [0, 0.1) is 22.7 Å². The van der Waals surface area contributed by atoms with Crippen molar-refractivity contribution < 1.29 is 69.2 Å². The number of anilines is 8. The average molecular weight is 1490 g/mol. The molecule has 11 rings (SSSR count). The zero-order chi connectivity index (χ0) is 72.7. The molecule has 0 atom stereocenters. The minimum Gasteiger partial charge on any atom is -0.494 e. The summed E-state index contributed by atoms with van der Waals surface area (Å²) >= 11 is 3.10. The Morgan fingerprint density at radius 3 is 1.34 bits per heavy atom. The van der Waals surface area contributed by atoms with Crippen LogP contribution >= 0.6 is 34.4 Å². The van der Waals surface area contributed by atoms with Crippen LogP contribution in [-0.4, -0.2) is 195 Å². The summed E-state index contributed by atoms with van der Waals surface area (Å²) in [4.78, 5) is 87.6. The fourth-order valence-corrected chi connectivity index (χ4v) is 14.5. The number of carbonyl (C=O) groups excluding carboxylic acids is 4. The monoisotopic (exact) mass is 1490 g/mol. The predicted molar refractivity (Wildman–Crippen MR) is 377 cm³/mol. The number of thioether (sulfide) groups is 1. The summed E-state index contributed by atoms with van der Waals surface area (Å²) in [5, 5.41) is 56.7. The molecule has 0 aliphatic carbocycles. The van der Waals surface area contributed by atoms with Gasteiger partial charge in [-0.05, 0) is 88.4 Å². The van der Waals surface area contributed by atoms with Crippen LogP contribution in [0.3, 0.4) is 0 Å². The lowest BCUT2D eigenvalue weighted by Gasteiger charge is -2.27. The van der Waals surface area contributed by atoms with Gasteiger partial charge in [0.1, 0.15) is 58.0 Å². The standard InChI is InChI=1S/C63H63N19O15S5/c1-7-77(8-2)47-29-43(45(31-49(47)94-5)73-75-62-68-53(79-15-20-96-21-16-79)51(99-62)25-35(33-64)81-55(84)39-13-11-37(101(88,89)90)27-41(39)57(81)86)66-59-70-60(72-61(71-59)98-24-19-83)67-44-30-48(78(9-3)10-4)50(95-6)32-46(44)74-76-63-69-54(80-17-22-97-23-18-80)52(100-63)26-36(34-65)82-56(85)40-14-12-38(102(91,92)93)28-42(40)58(82)87/h11-14,25-32,83H,7-10,15-24H2,1-6H3,(H,88,89,90)(H,91,92,93)(H2,66,67,70,71,72)/b35-25+,36-26+,75-73+,76-74+.